The first-order chi connectivity index (χ1) is 16.6. The number of rotatable bonds is 6. The Morgan fingerprint density at radius 1 is 1.17 bits per heavy atom. The topological polar surface area (TPSA) is 123 Å². The number of carbonyl (C=O) groups excluding carboxylic acids is 3. The smallest absolute Gasteiger partial charge is 0.294 e. The van der Waals surface area contributed by atoms with E-state index in [1.54, 1.807) is 0 Å². The van der Waals surface area contributed by atoms with Crippen molar-refractivity contribution in [3.8, 4) is 11.3 Å². The lowest BCUT2D eigenvalue weighted by molar-refractivity contribution is -0.384. The Bertz CT molecular complexity index is 1420. The van der Waals surface area contributed by atoms with E-state index in [-0.39, 0.29) is 43.4 Å². The normalized spacial score (nSPS) is 14.6. The molecule has 2 aromatic carbocycles. The van der Waals surface area contributed by atoms with E-state index < -0.39 is 34.3 Å². The van der Waals surface area contributed by atoms with Gasteiger partial charge in [-0.2, -0.15) is 0 Å². The van der Waals surface area contributed by atoms with Gasteiger partial charge in [0.2, 0.25) is 5.91 Å². The molecule has 178 valence electrons. The number of thioether (sulfide) groups is 1. The van der Waals surface area contributed by atoms with Gasteiger partial charge in [0, 0.05) is 22.9 Å². The second-order valence-corrected chi connectivity index (χ2v) is 8.90. The van der Waals surface area contributed by atoms with E-state index in [1.165, 1.54) is 48.5 Å². The quantitative estimate of drug-likeness (QED) is 0.234. The van der Waals surface area contributed by atoms with Gasteiger partial charge in [0.1, 0.15) is 23.9 Å². The molecule has 0 atom stereocenters. The Labute approximate surface area is 210 Å². The van der Waals surface area contributed by atoms with Crippen LogP contribution in [0.4, 0.5) is 20.6 Å². The Kier molecular flexibility index (Phi) is 6.92. The third-order valence-corrected chi connectivity index (χ3v) is 6.13. The molecule has 1 aliphatic rings. The summed E-state index contributed by atoms with van der Waals surface area (Å²) < 4.78 is 18.9. The van der Waals surface area contributed by atoms with E-state index in [4.69, 9.17) is 27.6 Å². The number of hydrogen-bond acceptors (Lipinski definition) is 7. The molecule has 1 saturated heterocycles. The third kappa shape index (κ3) is 5.37. The highest BCUT2D eigenvalue weighted by Crippen LogP contribution is 2.36. The van der Waals surface area contributed by atoms with Crippen molar-refractivity contribution in [1.29, 1.82) is 0 Å². The van der Waals surface area contributed by atoms with Crippen molar-refractivity contribution in [2.75, 3.05) is 11.9 Å². The summed E-state index contributed by atoms with van der Waals surface area (Å²) in [6.45, 7) is -0.572. The van der Waals surface area contributed by atoms with Crippen LogP contribution in [0, 0.1) is 15.9 Å². The first-order valence-corrected chi connectivity index (χ1v) is 11.2. The van der Waals surface area contributed by atoms with Crippen LogP contribution in [0.1, 0.15) is 5.76 Å². The van der Waals surface area contributed by atoms with Gasteiger partial charge in [-0.15, -0.1) is 0 Å². The van der Waals surface area contributed by atoms with Crippen LogP contribution < -0.4 is 5.32 Å². The van der Waals surface area contributed by atoms with Gasteiger partial charge in [0.25, 0.3) is 16.8 Å². The van der Waals surface area contributed by atoms with E-state index in [0.29, 0.717) is 11.8 Å². The van der Waals surface area contributed by atoms with E-state index in [0.717, 1.165) is 11.0 Å². The van der Waals surface area contributed by atoms with Crippen molar-refractivity contribution >= 4 is 69.5 Å². The number of imide groups is 1. The number of benzene rings is 2. The number of anilines is 1. The van der Waals surface area contributed by atoms with Gasteiger partial charge < -0.3 is 9.73 Å². The molecule has 3 aromatic rings. The number of nitrogens with zero attached hydrogens (tertiary/aromatic N) is 2. The summed E-state index contributed by atoms with van der Waals surface area (Å²) in [5, 5.41) is 13.1. The molecule has 0 radical (unpaired) electrons. The fraction of sp³-hybridized carbons (Fsp3) is 0.0455. The summed E-state index contributed by atoms with van der Waals surface area (Å²) in [5.74, 6) is -1.74. The van der Waals surface area contributed by atoms with Crippen LogP contribution in [0.15, 0.2) is 57.9 Å². The van der Waals surface area contributed by atoms with Crippen LogP contribution >= 0.6 is 35.0 Å². The van der Waals surface area contributed by atoms with Gasteiger partial charge in [-0.3, -0.25) is 29.4 Å². The average molecular weight is 536 g/mol. The van der Waals surface area contributed by atoms with Crippen molar-refractivity contribution < 1.29 is 28.1 Å². The molecule has 1 N–H and O–H groups in total. The van der Waals surface area contributed by atoms with Gasteiger partial charge in [0.15, 0.2) is 0 Å². The molecular formula is C22H12Cl2FN3O6S. The highest BCUT2D eigenvalue weighted by molar-refractivity contribution is 8.18. The summed E-state index contributed by atoms with van der Waals surface area (Å²) in [5.41, 5.74) is 0.125. The van der Waals surface area contributed by atoms with E-state index in [1.807, 2.05) is 0 Å². The molecule has 0 unspecified atom stereocenters. The molecule has 0 bridgehead atoms. The monoisotopic (exact) mass is 535 g/mol. The Morgan fingerprint density at radius 2 is 1.94 bits per heavy atom. The molecule has 1 aliphatic heterocycles. The van der Waals surface area contributed by atoms with Crippen LogP contribution in [0.2, 0.25) is 10.0 Å². The number of nitro groups is 1. The van der Waals surface area contributed by atoms with E-state index in [9.17, 15) is 28.9 Å². The molecule has 4 rings (SSSR count). The third-order valence-electron chi connectivity index (χ3n) is 4.70. The molecule has 1 fully saturated rings. The molecule has 0 spiro atoms. The van der Waals surface area contributed by atoms with Crippen LogP contribution in [0.25, 0.3) is 17.4 Å². The highest BCUT2D eigenvalue weighted by atomic mass is 35.5. The maximum atomic E-state index is 13.3. The van der Waals surface area contributed by atoms with Gasteiger partial charge >= 0.3 is 0 Å². The molecule has 3 amide bonds. The van der Waals surface area contributed by atoms with Crippen LogP contribution in [0.3, 0.4) is 0 Å². The molecule has 0 saturated carbocycles. The fourth-order valence-corrected chi connectivity index (χ4v) is 4.29. The summed E-state index contributed by atoms with van der Waals surface area (Å²) in [7, 11) is 0. The predicted molar refractivity (Wildman–Crippen MR) is 129 cm³/mol. The first-order valence-electron chi connectivity index (χ1n) is 9.67. The minimum Gasteiger partial charge on any atom is -0.456 e. The highest BCUT2D eigenvalue weighted by Gasteiger charge is 2.36. The summed E-state index contributed by atoms with van der Waals surface area (Å²) >= 11 is 12.1. The molecule has 0 aliphatic carbocycles. The van der Waals surface area contributed by atoms with Crippen molar-refractivity contribution in [3.05, 3.63) is 85.2 Å². The molecular weight excluding hydrogens is 524 g/mol. The van der Waals surface area contributed by atoms with Gasteiger partial charge in [-0.25, -0.2) is 4.39 Å². The number of nitro benzene ring substituents is 1. The lowest BCUT2D eigenvalue weighted by Crippen LogP contribution is -2.36. The Morgan fingerprint density at radius 3 is 2.66 bits per heavy atom. The zero-order valence-corrected chi connectivity index (χ0v) is 19.6. The van der Waals surface area contributed by atoms with Crippen molar-refractivity contribution in [1.82, 2.24) is 4.90 Å². The SMILES string of the molecule is O=C(CN1C(=O)S/C(=C/c2ccc(-c3ccc(Cl)cc3[N+](=O)[O-])o2)C1=O)Nc1ccc(F)c(Cl)c1. The molecule has 13 heteroatoms. The Hall–Kier alpha value is -3.67. The summed E-state index contributed by atoms with van der Waals surface area (Å²) in [6, 6.07) is 10.6. The minimum absolute atomic E-state index is 0.000803. The molecule has 35 heavy (non-hydrogen) atoms. The summed E-state index contributed by atoms with van der Waals surface area (Å²) in [6.07, 6.45) is 1.30. The lowest BCUT2D eigenvalue weighted by atomic mass is 10.1. The Balaban J connectivity index is 1.49. The van der Waals surface area contributed by atoms with Crippen LogP contribution in [0.5, 0.6) is 0 Å². The lowest BCUT2D eigenvalue weighted by Gasteiger charge is -2.12. The van der Waals surface area contributed by atoms with E-state index in [2.05, 4.69) is 5.32 Å². The standard InChI is InChI=1S/C22H12Cl2FN3O6S/c23-11-1-4-14(17(7-11)28(32)33)18-6-3-13(34-18)9-19-21(30)27(22(31)35-19)10-20(29)26-12-2-5-16(25)15(24)8-12/h1-9H,10H2,(H,26,29)/b19-9+. The maximum absolute atomic E-state index is 13.3. The number of halogens is 3. The first kappa shape index (κ1) is 24.5. The van der Waals surface area contributed by atoms with Crippen LogP contribution in [-0.2, 0) is 9.59 Å². The van der Waals surface area contributed by atoms with Crippen LogP contribution in [-0.4, -0.2) is 33.4 Å². The minimum atomic E-state index is -0.720. The summed E-state index contributed by atoms with van der Waals surface area (Å²) in [4.78, 5) is 48.8. The second kappa shape index (κ2) is 9.90. The molecule has 2 heterocycles. The van der Waals surface area contributed by atoms with E-state index >= 15 is 0 Å². The van der Waals surface area contributed by atoms with Gasteiger partial charge in [-0.1, -0.05) is 23.2 Å². The number of nitrogens with one attached hydrogen (secondary N) is 1. The zero-order chi connectivity index (χ0) is 25.3. The molecule has 9 nitrogen and oxygen atoms in total. The number of amides is 3. The average Bonchev–Trinajstić information content (AvgIpc) is 3.36. The van der Waals surface area contributed by atoms with Crippen molar-refractivity contribution in [2.24, 2.45) is 0 Å². The van der Waals surface area contributed by atoms with Gasteiger partial charge in [0.05, 0.1) is 20.4 Å². The zero-order valence-electron chi connectivity index (χ0n) is 17.3. The predicted octanol–water partition coefficient (Wildman–Crippen LogP) is 5.98. The number of hydrogen-bond donors (Lipinski definition) is 1. The molecule has 1 aromatic heterocycles. The number of furan rings is 1. The fourth-order valence-electron chi connectivity index (χ4n) is 3.12. The van der Waals surface area contributed by atoms with Gasteiger partial charge in [-0.05, 0) is 54.2 Å². The second-order valence-electron chi connectivity index (χ2n) is 7.07. The maximum Gasteiger partial charge on any atom is 0.294 e. The largest absolute Gasteiger partial charge is 0.456 e. The van der Waals surface area contributed by atoms with Crippen molar-refractivity contribution in [2.45, 2.75) is 0 Å². The number of carbonyl (C=O) groups is 3. The van der Waals surface area contributed by atoms with Crippen molar-refractivity contribution in [3.63, 3.8) is 0 Å².